The van der Waals surface area contributed by atoms with Crippen LogP contribution in [0.2, 0.25) is 0 Å². The van der Waals surface area contributed by atoms with Crippen molar-refractivity contribution in [2.24, 2.45) is 0 Å². The summed E-state index contributed by atoms with van der Waals surface area (Å²) >= 11 is -2.93. The number of hydrogen-bond donors (Lipinski definition) is 0. The Balaban J connectivity index is 2.48. The number of hydrogen-bond acceptors (Lipinski definition) is 6. The number of carbonyl (C=O) groups is 2. The van der Waals surface area contributed by atoms with Crippen LogP contribution in [0.5, 0.6) is 0 Å². The molecule has 8 heteroatoms. The van der Waals surface area contributed by atoms with Crippen molar-refractivity contribution in [1.29, 1.82) is 0 Å². The van der Waals surface area contributed by atoms with Gasteiger partial charge in [-0.2, -0.15) is 4.28 Å². The van der Waals surface area contributed by atoms with Crippen LogP contribution in [0.25, 0.3) is 0 Å². The third-order valence-corrected chi connectivity index (χ3v) is 0.912. The first-order chi connectivity index (χ1) is 4.61. The minimum atomic E-state index is -2.93. The predicted octanol–water partition coefficient (Wildman–Crippen LogP) is -0.716. The van der Waals surface area contributed by atoms with E-state index in [0.29, 0.717) is 0 Å². The van der Waals surface area contributed by atoms with Crippen molar-refractivity contribution in [3.05, 3.63) is 0 Å². The number of carbonyl (C=O) groups excluding carboxylic acids is 2. The first kappa shape index (κ1) is 7.12. The molecular formula is C2NO6S-. The fourth-order valence-corrected chi connectivity index (χ4v) is 0.558. The third kappa shape index (κ3) is 1.12. The van der Waals surface area contributed by atoms with Gasteiger partial charge in [-0.3, -0.25) is 0 Å². The summed E-state index contributed by atoms with van der Waals surface area (Å²) in [6.45, 7) is 0. The average Bonchev–Trinajstić information content (AvgIpc) is 1.84. The number of amides is 2. The van der Waals surface area contributed by atoms with Crippen LogP contribution in [0.1, 0.15) is 0 Å². The van der Waals surface area contributed by atoms with Crippen LogP contribution in [0.15, 0.2) is 0 Å². The van der Waals surface area contributed by atoms with Crippen molar-refractivity contribution in [2.75, 3.05) is 0 Å². The van der Waals surface area contributed by atoms with Crippen LogP contribution >= 0.6 is 0 Å². The van der Waals surface area contributed by atoms with Gasteiger partial charge in [0.15, 0.2) is 0 Å². The molecule has 10 heavy (non-hydrogen) atoms. The molecule has 0 N–H and O–H groups in total. The number of nitrogens with zero attached hydrogens (tertiary/aromatic N) is 1. The van der Waals surface area contributed by atoms with Crippen molar-refractivity contribution in [3.63, 3.8) is 0 Å². The Morgan fingerprint density at radius 3 is 2.20 bits per heavy atom. The van der Waals surface area contributed by atoms with Crippen molar-refractivity contribution < 1.29 is 27.4 Å². The molecular weight excluding hydrogens is 166 g/mol. The van der Waals surface area contributed by atoms with Gasteiger partial charge in [0.2, 0.25) is 0 Å². The Hall–Kier alpha value is -0.990. The number of ether oxygens (including phenoxy) is 1. The first-order valence-corrected chi connectivity index (χ1v) is 2.95. The van der Waals surface area contributed by atoms with Crippen LogP contribution in [0, 0.1) is 0 Å². The second-order valence-corrected chi connectivity index (χ2v) is 1.76. The SMILES string of the molecule is O=C1OC(=O)N1OS(=O)[O-]. The van der Waals surface area contributed by atoms with E-state index >= 15 is 0 Å². The smallest absolute Gasteiger partial charge is 0.454 e. The molecule has 0 spiro atoms. The van der Waals surface area contributed by atoms with E-state index in [2.05, 4.69) is 9.02 Å². The zero-order valence-corrected chi connectivity index (χ0v) is 5.12. The van der Waals surface area contributed by atoms with Crippen LogP contribution in [0.3, 0.4) is 0 Å². The van der Waals surface area contributed by atoms with Gasteiger partial charge in [0.05, 0.1) is 0 Å². The number of rotatable bonds is 2. The van der Waals surface area contributed by atoms with E-state index in [1.54, 1.807) is 0 Å². The summed E-state index contributed by atoms with van der Waals surface area (Å²) in [7, 11) is 0. The lowest BCUT2D eigenvalue weighted by Gasteiger charge is -2.24. The van der Waals surface area contributed by atoms with Crippen LogP contribution in [0.4, 0.5) is 9.59 Å². The Labute approximate surface area is 56.9 Å². The Bertz CT molecular complexity index is 198. The highest BCUT2D eigenvalue weighted by atomic mass is 32.2. The largest absolute Gasteiger partial charge is 0.748 e. The Morgan fingerprint density at radius 2 is 2.00 bits per heavy atom. The zero-order valence-electron chi connectivity index (χ0n) is 4.30. The fourth-order valence-electron chi connectivity index (χ4n) is 0.315. The monoisotopic (exact) mass is 166 g/mol. The molecule has 7 nitrogen and oxygen atoms in total. The minimum Gasteiger partial charge on any atom is -0.748 e. The summed E-state index contributed by atoms with van der Waals surface area (Å²) in [4.78, 5) is 20.1. The summed E-state index contributed by atoms with van der Waals surface area (Å²) in [6, 6.07) is 0. The van der Waals surface area contributed by atoms with Crippen molar-refractivity contribution in [2.45, 2.75) is 0 Å². The highest BCUT2D eigenvalue weighted by Gasteiger charge is 2.40. The first-order valence-electron chi connectivity index (χ1n) is 1.95. The summed E-state index contributed by atoms with van der Waals surface area (Å²) < 4.78 is 26.7. The summed E-state index contributed by atoms with van der Waals surface area (Å²) in [5.74, 6) is 0. The molecule has 0 saturated carbocycles. The molecule has 1 fully saturated rings. The van der Waals surface area contributed by atoms with Gasteiger partial charge >= 0.3 is 12.2 Å². The fraction of sp³-hybridized carbons (Fsp3) is 0. The Kier molecular flexibility index (Phi) is 1.66. The lowest BCUT2D eigenvalue weighted by Crippen LogP contribution is -2.49. The molecule has 0 aliphatic carbocycles. The molecule has 0 bridgehead atoms. The lowest BCUT2D eigenvalue weighted by molar-refractivity contribution is -0.0689. The second kappa shape index (κ2) is 2.33. The van der Waals surface area contributed by atoms with E-state index < -0.39 is 23.5 Å². The van der Waals surface area contributed by atoms with Crippen LogP contribution < -0.4 is 0 Å². The quantitative estimate of drug-likeness (QED) is 0.397. The molecule has 1 saturated heterocycles. The van der Waals surface area contributed by atoms with Crippen molar-refractivity contribution in [3.8, 4) is 0 Å². The van der Waals surface area contributed by atoms with Crippen LogP contribution in [-0.4, -0.2) is 26.0 Å². The molecule has 1 aliphatic heterocycles. The topological polar surface area (TPSA) is 96.0 Å². The molecule has 0 aromatic rings. The van der Waals surface area contributed by atoms with Crippen molar-refractivity contribution in [1.82, 2.24) is 5.06 Å². The van der Waals surface area contributed by atoms with E-state index in [1.807, 2.05) is 0 Å². The van der Waals surface area contributed by atoms with Gasteiger partial charge in [-0.1, -0.05) is 5.06 Å². The molecule has 0 radical (unpaired) electrons. The van der Waals surface area contributed by atoms with E-state index in [-0.39, 0.29) is 5.06 Å². The van der Waals surface area contributed by atoms with Gasteiger partial charge < -0.3 is 9.29 Å². The third-order valence-electron chi connectivity index (χ3n) is 0.642. The molecule has 0 aromatic carbocycles. The van der Waals surface area contributed by atoms with Gasteiger partial charge in [-0.25, -0.2) is 13.8 Å². The molecule has 2 amide bonds. The maximum atomic E-state index is 10.1. The number of hydroxylamine groups is 2. The second-order valence-electron chi connectivity index (χ2n) is 1.21. The highest BCUT2D eigenvalue weighted by molar-refractivity contribution is 7.74. The minimum absolute atomic E-state index is 0.0247. The maximum absolute atomic E-state index is 10.1. The molecule has 1 rings (SSSR count). The van der Waals surface area contributed by atoms with E-state index in [9.17, 15) is 18.4 Å². The molecule has 1 aliphatic rings. The van der Waals surface area contributed by atoms with Gasteiger partial charge in [0.25, 0.3) is 0 Å². The van der Waals surface area contributed by atoms with Gasteiger partial charge in [0.1, 0.15) is 11.4 Å². The zero-order chi connectivity index (χ0) is 7.72. The van der Waals surface area contributed by atoms with Gasteiger partial charge in [0, 0.05) is 0 Å². The van der Waals surface area contributed by atoms with Crippen LogP contribution in [-0.2, 0) is 20.4 Å². The summed E-state index contributed by atoms with van der Waals surface area (Å²) in [5, 5.41) is -0.0247. The molecule has 1 unspecified atom stereocenters. The average molecular weight is 166 g/mol. The normalized spacial score (nSPS) is 19.9. The Morgan fingerprint density at radius 1 is 1.50 bits per heavy atom. The molecule has 56 valence electrons. The van der Waals surface area contributed by atoms with E-state index in [4.69, 9.17) is 0 Å². The standard InChI is InChI=1S/C2HNO6S/c4-1-3(2(5)8-1)9-10(6)7/h(H,6,7)/p-1. The lowest BCUT2D eigenvalue weighted by atomic mass is 10.9. The van der Waals surface area contributed by atoms with E-state index in [1.165, 1.54) is 0 Å². The van der Waals surface area contributed by atoms with Crippen molar-refractivity contribution >= 4 is 23.5 Å². The molecule has 0 aromatic heterocycles. The number of imide groups is 1. The predicted molar refractivity (Wildman–Crippen MR) is 23.7 cm³/mol. The summed E-state index contributed by atoms with van der Waals surface area (Å²) in [6.07, 6.45) is -2.29. The maximum Gasteiger partial charge on any atom is 0.454 e. The molecule has 1 heterocycles. The molecule has 1 atom stereocenters. The highest BCUT2D eigenvalue weighted by Crippen LogP contribution is 2.10. The summed E-state index contributed by atoms with van der Waals surface area (Å²) in [5.41, 5.74) is 0. The van der Waals surface area contributed by atoms with Gasteiger partial charge in [-0.05, 0) is 0 Å². The number of cyclic esters (lactones) is 2. The van der Waals surface area contributed by atoms with Gasteiger partial charge in [-0.15, -0.1) is 0 Å². The van der Waals surface area contributed by atoms with E-state index in [0.717, 1.165) is 0 Å².